The standard InChI is InChI=1S/C69H89F3N12O21/c1-32-55(88)60(93)61(94)69(99-32)105-62-47(83-28-44(77-80-83)36-12-7-15-41(71)21-36)24-39(26-49(62)102-67-53(75-33(2)87)63(58(91)52(31-86)103-67)100-50(66(97)98)19-34-9-4-3-5-10-34)65(96)74-18-17-73-64(95)38-23-46(82-27-43(76-79-82)35-11-6-14-40(70)20-35)56(89)48(25-38)101-68-59(92)54(57(90)51(30-85)104-68)84-29-45(78-81-84)37-13-8-16-42(72)22-37/h6-8,11-16,20-22,27-29,32,34,38-39,46-63,66-69,85-86,88-94,97-98H,3-5,9-10,17-19,23-26,30-31H2,1-2H3,(H,73,95)(H,74,96)(H,75,87)/t32?,38?,39?,46?,47?,48-,49-,50+,51?,52?,53?,54?,55-,56?,57+,58+,59?,60?,61?,62?,63?,67-,68-,69+/m1/s1. The first-order chi connectivity index (χ1) is 50.4. The van der Waals surface area contributed by atoms with E-state index in [4.69, 9.17) is 33.2 Å². The van der Waals surface area contributed by atoms with Crippen molar-refractivity contribution in [2.24, 2.45) is 17.8 Å². The molecule has 3 aliphatic heterocycles. The van der Waals surface area contributed by atoms with Crippen LogP contribution in [0.1, 0.15) is 96.2 Å². The van der Waals surface area contributed by atoms with Crippen molar-refractivity contribution in [3.05, 3.63) is 109 Å². The molecule has 3 saturated heterocycles. The van der Waals surface area contributed by atoms with Crippen molar-refractivity contribution in [1.29, 1.82) is 0 Å². The van der Waals surface area contributed by atoms with E-state index in [0.717, 1.165) is 43.7 Å². The van der Waals surface area contributed by atoms with Crippen LogP contribution in [0.15, 0.2) is 91.4 Å². The molecule has 33 nitrogen and oxygen atoms in total. The highest BCUT2D eigenvalue weighted by atomic mass is 19.1. The molecule has 0 spiro atoms. The van der Waals surface area contributed by atoms with Crippen molar-refractivity contribution >= 4 is 17.7 Å². The monoisotopic (exact) mass is 1480 g/mol. The van der Waals surface area contributed by atoms with Crippen molar-refractivity contribution in [2.75, 3.05) is 26.3 Å². The molecule has 36 heteroatoms. The SMILES string of the molecule is CC(=O)NC1C(O[C@@H](CC2CCCCC2)C(O)O)[C@@H](O)C(CO)O[C@H]1O[C@@H]1CC(C(=O)NCCNC(=O)C2CC(n3cc(-c4cccc(F)c4)nn3)C(O)[C@H](O[C@@H]3OC(CO)[C@H](O)C(n4cc(-c5cccc(F)c5)nn4)C3O)C2)CC(n2cc(-c3cccc(F)c3)nn2)C1O[C@@H]1OC(C)[C@@H](O)C(O)C1O. The number of aliphatic hydroxyl groups excluding tert-OH is 10. The number of amides is 3. The predicted octanol–water partition coefficient (Wildman–Crippen LogP) is -0.644. The lowest BCUT2D eigenvalue weighted by Crippen LogP contribution is -2.67. The number of carbonyl (C=O) groups excluding carboxylic acids is 3. The average Bonchev–Trinajstić information content (AvgIpc) is 1.71. The number of rotatable bonds is 25. The molecular weight excluding hydrogens is 1390 g/mol. The molecule has 3 amide bonds. The number of aliphatic hydroxyl groups is 11. The third-order valence-electron chi connectivity index (χ3n) is 20.7. The van der Waals surface area contributed by atoms with Crippen LogP contribution in [-0.4, -0.2) is 268 Å². The third-order valence-corrected chi connectivity index (χ3v) is 20.7. The molecular formula is C69H89F3N12O21. The van der Waals surface area contributed by atoms with Crippen LogP contribution in [0.2, 0.25) is 0 Å². The first-order valence-corrected chi connectivity index (χ1v) is 35.2. The van der Waals surface area contributed by atoms with E-state index in [-0.39, 0.29) is 68.2 Å². The van der Waals surface area contributed by atoms with E-state index in [1.807, 2.05) is 0 Å². The summed E-state index contributed by atoms with van der Waals surface area (Å²) >= 11 is 0. The number of aromatic nitrogens is 9. The van der Waals surface area contributed by atoms with Crippen molar-refractivity contribution in [3.8, 4) is 33.8 Å². The van der Waals surface area contributed by atoms with Crippen LogP contribution in [0.4, 0.5) is 13.2 Å². The van der Waals surface area contributed by atoms with E-state index in [2.05, 4.69) is 46.9 Å². The fraction of sp³-hybridized carbons (Fsp3) is 0.609. The Morgan fingerprint density at radius 1 is 0.562 bits per heavy atom. The predicted molar refractivity (Wildman–Crippen MR) is 353 cm³/mol. The Labute approximate surface area is 599 Å². The molecule has 3 aliphatic carbocycles. The maximum Gasteiger partial charge on any atom is 0.223 e. The minimum Gasteiger partial charge on any atom is -0.394 e. The Kier molecular flexibility index (Phi) is 25.1. The van der Waals surface area contributed by atoms with Gasteiger partial charge in [-0.25, -0.2) is 27.2 Å². The summed E-state index contributed by atoms with van der Waals surface area (Å²) in [6, 6.07) is 11.2. The lowest BCUT2D eigenvalue weighted by molar-refractivity contribution is -0.339. The summed E-state index contributed by atoms with van der Waals surface area (Å²) < 4.78 is 91.7. The first-order valence-electron chi connectivity index (χ1n) is 35.2. The second-order valence-corrected chi connectivity index (χ2v) is 27.9. The Balaban J connectivity index is 0.808. The zero-order chi connectivity index (χ0) is 74.5. The molecule has 6 aliphatic rings. The van der Waals surface area contributed by atoms with Gasteiger partial charge in [-0.1, -0.05) is 84.1 Å². The normalized spacial score (nSPS) is 33.6. The fourth-order valence-electron chi connectivity index (χ4n) is 15.1. The molecule has 12 rings (SSSR count). The number of hydrogen-bond donors (Lipinski definition) is 14. The van der Waals surface area contributed by atoms with Crippen LogP contribution in [-0.2, 0) is 47.5 Å². The number of hydrogen-bond acceptors (Lipinski definition) is 27. The summed E-state index contributed by atoms with van der Waals surface area (Å²) in [5, 5.41) is 158. The Morgan fingerprint density at radius 3 is 1.60 bits per heavy atom. The maximum atomic E-state index is 15.0. The van der Waals surface area contributed by atoms with E-state index in [1.54, 1.807) is 18.2 Å². The molecule has 6 heterocycles. The van der Waals surface area contributed by atoms with Gasteiger partial charge >= 0.3 is 0 Å². The lowest BCUT2D eigenvalue weighted by atomic mass is 9.80. The molecule has 14 N–H and O–H groups in total. The summed E-state index contributed by atoms with van der Waals surface area (Å²) in [5.74, 6) is -5.86. The molecule has 0 radical (unpaired) electrons. The van der Waals surface area contributed by atoms with Gasteiger partial charge in [-0.2, -0.15) is 0 Å². The van der Waals surface area contributed by atoms with Gasteiger partial charge in [-0.15, -0.1) is 15.3 Å². The Hall–Kier alpha value is -7.44. The van der Waals surface area contributed by atoms with Gasteiger partial charge in [-0.05, 0) is 81.3 Å². The number of nitrogens with zero attached hydrogens (tertiary/aromatic N) is 9. The zero-order valence-corrected chi connectivity index (χ0v) is 57.2. The van der Waals surface area contributed by atoms with Crippen LogP contribution in [0.25, 0.3) is 33.8 Å². The fourth-order valence-corrected chi connectivity index (χ4v) is 15.1. The van der Waals surface area contributed by atoms with Gasteiger partial charge in [0.1, 0.15) is 120 Å². The summed E-state index contributed by atoms with van der Waals surface area (Å²) in [6.45, 7) is 0.456. The van der Waals surface area contributed by atoms with Gasteiger partial charge < -0.3 is 105 Å². The van der Waals surface area contributed by atoms with Crippen LogP contribution >= 0.6 is 0 Å². The number of benzene rings is 3. The highest BCUT2D eigenvalue weighted by Crippen LogP contribution is 2.43. The summed E-state index contributed by atoms with van der Waals surface area (Å²) in [6.07, 6.45) is -22.7. The zero-order valence-electron chi connectivity index (χ0n) is 57.2. The van der Waals surface area contributed by atoms with Gasteiger partial charge in [-0.3, -0.25) is 14.4 Å². The molecule has 572 valence electrons. The van der Waals surface area contributed by atoms with Gasteiger partial charge in [0.2, 0.25) is 17.7 Å². The van der Waals surface area contributed by atoms with Crippen LogP contribution in [0, 0.1) is 35.2 Å². The average molecular weight is 1480 g/mol. The molecule has 6 fully saturated rings. The first kappa shape index (κ1) is 77.2. The summed E-state index contributed by atoms with van der Waals surface area (Å²) in [7, 11) is 0. The van der Waals surface area contributed by atoms with E-state index >= 15 is 0 Å². The molecule has 105 heavy (non-hydrogen) atoms. The highest BCUT2D eigenvalue weighted by Gasteiger charge is 2.55. The summed E-state index contributed by atoms with van der Waals surface area (Å²) in [4.78, 5) is 42.9. The van der Waals surface area contributed by atoms with Gasteiger partial charge in [0.25, 0.3) is 0 Å². The number of carbonyl (C=O) groups is 3. The van der Waals surface area contributed by atoms with E-state index in [1.165, 1.54) is 89.5 Å². The molecule has 0 bridgehead atoms. The minimum absolute atomic E-state index is 0.00937. The van der Waals surface area contributed by atoms with Crippen LogP contribution in [0.5, 0.6) is 0 Å². The number of nitrogens with one attached hydrogen (secondary N) is 3. The van der Waals surface area contributed by atoms with Crippen LogP contribution in [0.3, 0.4) is 0 Å². The van der Waals surface area contributed by atoms with E-state index in [0.29, 0.717) is 16.7 Å². The Morgan fingerprint density at radius 2 is 1.06 bits per heavy atom. The molecule has 3 aromatic carbocycles. The summed E-state index contributed by atoms with van der Waals surface area (Å²) in [5.41, 5.74) is 1.49. The minimum atomic E-state index is -2.07. The largest absolute Gasteiger partial charge is 0.394 e. The maximum absolute atomic E-state index is 15.0. The quantitative estimate of drug-likeness (QED) is 0.0250. The van der Waals surface area contributed by atoms with Gasteiger partial charge in [0.15, 0.2) is 25.2 Å². The molecule has 3 saturated carbocycles. The lowest BCUT2D eigenvalue weighted by Gasteiger charge is -2.49. The van der Waals surface area contributed by atoms with Crippen molar-refractivity contribution < 1.29 is 117 Å². The molecule has 15 unspecified atom stereocenters. The number of halogens is 3. The van der Waals surface area contributed by atoms with Crippen molar-refractivity contribution in [3.63, 3.8) is 0 Å². The smallest absolute Gasteiger partial charge is 0.223 e. The van der Waals surface area contributed by atoms with Gasteiger partial charge in [0, 0.05) is 48.5 Å². The van der Waals surface area contributed by atoms with Crippen molar-refractivity contribution in [2.45, 2.75) is 219 Å². The third kappa shape index (κ3) is 17.7. The van der Waals surface area contributed by atoms with E-state index in [9.17, 15) is 83.7 Å². The van der Waals surface area contributed by atoms with Crippen LogP contribution < -0.4 is 16.0 Å². The molecule has 6 aromatic rings. The van der Waals surface area contributed by atoms with Crippen molar-refractivity contribution in [1.82, 2.24) is 60.9 Å². The molecule has 24 atom stereocenters. The second-order valence-electron chi connectivity index (χ2n) is 27.9. The Bertz CT molecular complexity index is 3880. The second kappa shape index (κ2) is 34.2. The van der Waals surface area contributed by atoms with E-state index < -0.39 is 201 Å². The van der Waals surface area contributed by atoms with Gasteiger partial charge in [0.05, 0.1) is 62.2 Å². The topological polar surface area (TPSA) is 467 Å². The number of ether oxygens (including phenoxy) is 7. The molecule has 3 aromatic heterocycles. The highest BCUT2D eigenvalue weighted by molar-refractivity contribution is 5.80.